The molecule has 1 unspecified atom stereocenters. The molecule has 2 aromatic rings. The van der Waals surface area contributed by atoms with Crippen molar-refractivity contribution in [2.24, 2.45) is 0 Å². The number of carbonyl (C=O) groups excluding carboxylic acids is 1. The summed E-state index contributed by atoms with van der Waals surface area (Å²) in [5.74, 6) is -0.587. The minimum absolute atomic E-state index is 0.0247. The molecule has 0 aliphatic heterocycles. The van der Waals surface area contributed by atoms with Crippen molar-refractivity contribution >= 4 is 22.4 Å². The Labute approximate surface area is 104 Å². The van der Waals surface area contributed by atoms with E-state index in [9.17, 15) is 14.9 Å². The van der Waals surface area contributed by atoms with E-state index < -0.39 is 10.8 Å². The van der Waals surface area contributed by atoms with Gasteiger partial charge in [0.2, 0.25) is 0 Å². The third-order valence-electron chi connectivity index (χ3n) is 3.05. The summed E-state index contributed by atoms with van der Waals surface area (Å²) in [5.41, 5.74) is 0.972. The Balaban J connectivity index is 2.78. The number of hydrogen-bond donors (Lipinski definition) is 0. The number of aromatic nitrogens is 1. The molecule has 0 saturated heterocycles. The fourth-order valence-corrected chi connectivity index (χ4v) is 1.93. The lowest BCUT2D eigenvalue weighted by molar-refractivity contribution is -0.383. The molecule has 0 saturated carbocycles. The molecule has 0 aliphatic rings. The highest BCUT2D eigenvalue weighted by molar-refractivity contribution is 5.93. The summed E-state index contributed by atoms with van der Waals surface area (Å²) >= 11 is 0. The first-order chi connectivity index (χ1) is 8.52. The van der Waals surface area contributed by atoms with Gasteiger partial charge in [-0.05, 0) is 31.2 Å². The number of carbonyl (C=O) groups is 1. The zero-order valence-electron chi connectivity index (χ0n) is 10.1. The summed E-state index contributed by atoms with van der Waals surface area (Å²) in [7, 11) is 0. The zero-order chi connectivity index (χ0) is 13.3. The van der Waals surface area contributed by atoms with Gasteiger partial charge in [0.1, 0.15) is 5.78 Å². The van der Waals surface area contributed by atoms with Crippen LogP contribution >= 0.6 is 0 Å². The fraction of sp³-hybridized carbons (Fsp3) is 0.231. The van der Waals surface area contributed by atoms with Crippen LogP contribution in [0.15, 0.2) is 30.5 Å². The molecule has 0 bridgehead atoms. The minimum atomic E-state index is -0.491. The predicted octanol–water partition coefficient (Wildman–Crippen LogP) is 2.84. The van der Waals surface area contributed by atoms with Gasteiger partial charge in [0.15, 0.2) is 0 Å². The average Bonchev–Trinajstić information content (AvgIpc) is 2.36. The highest BCUT2D eigenvalue weighted by Gasteiger charge is 2.24. The maximum absolute atomic E-state index is 11.4. The molecule has 0 amide bonds. The largest absolute Gasteiger partial charge is 0.299 e. The standard InChI is InChI=1S/C13H12N2O3/c1-8(9(2)16)10-5-6-12-11(4-3-7-14-12)13(10)15(17)18/h3-8H,1-2H3. The second-order valence-electron chi connectivity index (χ2n) is 4.16. The molecule has 1 atom stereocenters. The van der Waals surface area contributed by atoms with Crippen molar-refractivity contribution in [3.05, 3.63) is 46.1 Å². The molecule has 0 radical (unpaired) electrons. The van der Waals surface area contributed by atoms with E-state index in [0.29, 0.717) is 16.5 Å². The smallest absolute Gasteiger partial charge is 0.282 e. The van der Waals surface area contributed by atoms with Gasteiger partial charge < -0.3 is 0 Å². The lowest BCUT2D eigenvalue weighted by atomic mass is 9.94. The maximum atomic E-state index is 11.4. The molecule has 0 spiro atoms. The average molecular weight is 244 g/mol. The van der Waals surface area contributed by atoms with E-state index in [1.165, 1.54) is 6.92 Å². The molecular formula is C13H12N2O3. The van der Waals surface area contributed by atoms with Crippen molar-refractivity contribution in [1.29, 1.82) is 0 Å². The van der Waals surface area contributed by atoms with Crippen LogP contribution in [0.5, 0.6) is 0 Å². The number of nitrogens with zero attached hydrogens (tertiary/aromatic N) is 2. The summed E-state index contributed by atoms with van der Waals surface area (Å²) in [6.45, 7) is 3.11. The van der Waals surface area contributed by atoms with Crippen LogP contribution in [0.3, 0.4) is 0 Å². The Morgan fingerprint density at radius 3 is 2.72 bits per heavy atom. The Hall–Kier alpha value is -2.30. The number of nitro benzene ring substituents is 1. The zero-order valence-corrected chi connectivity index (χ0v) is 10.1. The van der Waals surface area contributed by atoms with E-state index in [4.69, 9.17) is 0 Å². The second-order valence-corrected chi connectivity index (χ2v) is 4.16. The first-order valence-electron chi connectivity index (χ1n) is 5.55. The van der Waals surface area contributed by atoms with E-state index >= 15 is 0 Å². The quantitative estimate of drug-likeness (QED) is 0.614. The Morgan fingerprint density at radius 1 is 1.39 bits per heavy atom. The monoisotopic (exact) mass is 244 g/mol. The number of pyridine rings is 1. The Bertz CT molecular complexity index is 637. The van der Waals surface area contributed by atoms with Gasteiger partial charge >= 0.3 is 0 Å². The van der Waals surface area contributed by atoms with Gasteiger partial charge in [-0.2, -0.15) is 0 Å². The van der Waals surface area contributed by atoms with Crippen LogP contribution in [0, 0.1) is 10.1 Å². The second kappa shape index (κ2) is 4.52. The molecule has 1 heterocycles. The van der Waals surface area contributed by atoms with Gasteiger partial charge in [-0.15, -0.1) is 0 Å². The lowest BCUT2D eigenvalue weighted by Crippen LogP contribution is -2.07. The highest BCUT2D eigenvalue weighted by atomic mass is 16.6. The van der Waals surface area contributed by atoms with Crippen LogP contribution in [0.4, 0.5) is 5.69 Å². The predicted molar refractivity (Wildman–Crippen MR) is 67.5 cm³/mol. The van der Waals surface area contributed by atoms with Crippen molar-refractivity contribution in [2.75, 3.05) is 0 Å². The normalized spacial score (nSPS) is 12.3. The molecule has 1 aromatic carbocycles. The lowest BCUT2D eigenvalue weighted by Gasteiger charge is -2.10. The van der Waals surface area contributed by atoms with Crippen LogP contribution in [0.25, 0.3) is 10.9 Å². The fourth-order valence-electron chi connectivity index (χ4n) is 1.93. The van der Waals surface area contributed by atoms with Gasteiger partial charge in [-0.1, -0.05) is 6.92 Å². The summed E-state index contributed by atoms with van der Waals surface area (Å²) < 4.78 is 0. The molecule has 5 heteroatoms. The van der Waals surface area contributed by atoms with Crippen LogP contribution in [0.2, 0.25) is 0 Å². The van der Waals surface area contributed by atoms with E-state index in [1.807, 2.05) is 0 Å². The van der Waals surface area contributed by atoms with E-state index in [-0.39, 0.29) is 11.5 Å². The number of hydrogen-bond acceptors (Lipinski definition) is 4. The first-order valence-corrected chi connectivity index (χ1v) is 5.55. The molecule has 92 valence electrons. The number of fused-ring (bicyclic) bond motifs is 1. The van der Waals surface area contributed by atoms with E-state index in [2.05, 4.69) is 4.98 Å². The number of rotatable bonds is 3. The van der Waals surface area contributed by atoms with Crippen molar-refractivity contribution in [3.8, 4) is 0 Å². The third-order valence-corrected chi connectivity index (χ3v) is 3.05. The van der Waals surface area contributed by atoms with Crippen molar-refractivity contribution < 1.29 is 9.72 Å². The summed E-state index contributed by atoms with van der Waals surface area (Å²) in [5, 5.41) is 11.7. The number of nitro groups is 1. The van der Waals surface area contributed by atoms with Gasteiger partial charge in [-0.25, -0.2) is 0 Å². The number of benzene rings is 1. The first kappa shape index (κ1) is 12.2. The molecular weight excluding hydrogens is 232 g/mol. The van der Waals surface area contributed by atoms with Crippen LogP contribution in [0.1, 0.15) is 25.3 Å². The molecule has 0 aliphatic carbocycles. The summed E-state index contributed by atoms with van der Waals surface area (Å²) in [6.07, 6.45) is 1.58. The van der Waals surface area contributed by atoms with E-state index in [0.717, 1.165) is 0 Å². The van der Waals surface area contributed by atoms with Gasteiger partial charge in [-0.3, -0.25) is 19.9 Å². The molecule has 5 nitrogen and oxygen atoms in total. The van der Waals surface area contributed by atoms with E-state index in [1.54, 1.807) is 37.4 Å². The van der Waals surface area contributed by atoms with Crippen molar-refractivity contribution in [2.45, 2.75) is 19.8 Å². The molecule has 0 fully saturated rings. The number of Topliss-reactive ketones (excluding diaryl/α,β-unsaturated/α-hetero) is 1. The Kier molecular flexibility index (Phi) is 3.06. The Morgan fingerprint density at radius 2 is 2.11 bits per heavy atom. The maximum Gasteiger partial charge on any atom is 0.282 e. The third kappa shape index (κ3) is 1.95. The molecule has 0 N–H and O–H groups in total. The summed E-state index contributed by atoms with van der Waals surface area (Å²) in [6, 6.07) is 6.62. The molecule has 1 aromatic heterocycles. The SMILES string of the molecule is CC(=O)C(C)c1ccc2ncccc2c1[N+](=O)[O-]. The topological polar surface area (TPSA) is 73.1 Å². The van der Waals surface area contributed by atoms with Gasteiger partial charge in [0.25, 0.3) is 5.69 Å². The van der Waals surface area contributed by atoms with Gasteiger partial charge in [0.05, 0.1) is 15.8 Å². The minimum Gasteiger partial charge on any atom is -0.299 e. The number of ketones is 1. The molecule has 2 rings (SSSR count). The highest BCUT2D eigenvalue weighted by Crippen LogP contribution is 2.33. The summed E-state index contributed by atoms with van der Waals surface area (Å²) in [4.78, 5) is 26.3. The molecule has 18 heavy (non-hydrogen) atoms. The van der Waals surface area contributed by atoms with Crippen LogP contribution in [-0.4, -0.2) is 15.7 Å². The van der Waals surface area contributed by atoms with Gasteiger partial charge in [0, 0.05) is 17.7 Å². The van der Waals surface area contributed by atoms with Crippen LogP contribution < -0.4 is 0 Å². The van der Waals surface area contributed by atoms with Crippen LogP contribution in [-0.2, 0) is 4.79 Å². The van der Waals surface area contributed by atoms with Crippen molar-refractivity contribution in [3.63, 3.8) is 0 Å². The van der Waals surface area contributed by atoms with Crippen molar-refractivity contribution in [1.82, 2.24) is 4.98 Å².